The summed E-state index contributed by atoms with van der Waals surface area (Å²) >= 11 is 0. The van der Waals surface area contributed by atoms with Gasteiger partial charge in [0.15, 0.2) is 0 Å². The van der Waals surface area contributed by atoms with Gasteiger partial charge >= 0.3 is 0 Å². The fourth-order valence-electron chi connectivity index (χ4n) is 1.43. The molecule has 1 aromatic carbocycles. The number of rotatable bonds is 7. The van der Waals surface area contributed by atoms with Gasteiger partial charge in [0.25, 0.3) is 0 Å². The highest BCUT2D eigenvalue weighted by Crippen LogP contribution is 2.13. The van der Waals surface area contributed by atoms with E-state index in [-0.39, 0.29) is 5.91 Å². The van der Waals surface area contributed by atoms with E-state index in [0.29, 0.717) is 32.0 Å². The van der Waals surface area contributed by atoms with Crippen molar-refractivity contribution < 1.29 is 9.53 Å². The molecule has 0 aliphatic rings. The Balaban J connectivity index is 2.42. The molecule has 0 saturated carbocycles. The number of nitrogens with two attached hydrogens (primary N) is 1. The van der Waals surface area contributed by atoms with Crippen LogP contribution in [0.25, 0.3) is 0 Å². The van der Waals surface area contributed by atoms with Gasteiger partial charge in [0, 0.05) is 13.1 Å². The highest BCUT2D eigenvalue weighted by Gasteiger charge is 2.03. The second-order valence-corrected chi connectivity index (χ2v) is 4.66. The lowest BCUT2D eigenvalue weighted by molar-refractivity contribution is -0.120. The quantitative estimate of drug-likeness (QED) is 0.767. The molecular weight excluding hydrogens is 228 g/mol. The topological polar surface area (TPSA) is 64.3 Å². The van der Waals surface area contributed by atoms with Crippen molar-refractivity contribution in [1.82, 2.24) is 5.32 Å². The molecule has 1 amide bonds. The van der Waals surface area contributed by atoms with E-state index in [1.54, 1.807) is 0 Å². The highest BCUT2D eigenvalue weighted by atomic mass is 16.5. The van der Waals surface area contributed by atoms with Crippen LogP contribution in [0.3, 0.4) is 0 Å². The van der Waals surface area contributed by atoms with Gasteiger partial charge in [-0.2, -0.15) is 0 Å². The third-order valence-corrected chi connectivity index (χ3v) is 2.34. The number of hydrogen-bond donors (Lipinski definition) is 2. The van der Waals surface area contributed by atoms with E-state index >= 15 is 0 Å². The zero-order valence-corrected chi connectivity index (χ0v) is 11.1. The van der Waals surface area contributed by atoms with E-state index in [2.05, 4.69) is 19.2 Å². The van der Waals surface area contributed by atoms with Crippen LogP contribution in [-0.4, -0.2) is 25.6 Å². The molecule has 1 rings (SSSR count). The zero-order valence-electron chi connectivity index (χ0n) is 11.1. The number of hydrogen-bond acceptors (Lipinski definition) is 3. The van der Waals surface area contributed by atoms with Crippen molar-refractivity contribution in [2.24, 2.45) is 11.7 Å². The zero-order chi connectivity index (χ0) is 13.4. The fraction of sp³-hybridized carbons (Fsp3) is 0.500. The van der Waals surface area contributed by atoms with Gasteiger partial charge in [-0.1, -0.05) is 26.0 Å². The molecule has 18 heavy (non-hydrogen) atoms. The first-order chi connectivity index (χ1) is 8.61. The van der Waals surface area contributed by atoms with Gasteiger partial charge in [-0.25, -0.2) is 0 Å². The number of amides is 1. The summed E-state index contributed by atoms with van der Waals surface area (Å²) in [6, 6.07) is 7.62. The van der Waals surface area contributed by atoms with Gasteiger partial charge in [-0.05, 0) is 23.6 Å². The summed E-state index contributed by atoms with van der Waals surface area (Å²) in [7, 11) is 0. The number of carbonyl (C=O) groups excluding carboxylic acids is 1. The second kappa shape index (κ2) is 7.71. The molecule has 3 N–H and O–H groups in total. The van der Waals surface area contributed by atoms with Crippen molar-refractivity contribution >= 4 is 5.91 Å². The first-order valence-electron chi connectivity index (χ1n) is 6.30. The first-order valence-corrected chi connectivity index (χ1v) is 6.30. The summed E-state index contributed by atoms with van der Waals surface area (Å²) in [6.45, 7) is 5.91. The van der Waals surface area contributed by atoms with Crippen LogP contribution in [0.2, 0.25) is 0 Å². The molecule has 1 aromatic rings. The van der Waals surface area contributed by atoms with Crippen molar-refractivity contribution in [3.05, 3.63) is 29.8 Å². The molecule has 0 bridgehead atoms. The molecular formula is C14H22N2O2. The van der Waals surface area contributed by atoms with Crippen LogP contribution in [0.1, 0.15) is 19.4 Å². The Kier molecular flexibility index (Phi) is 6.22. The van der Waals surface area contributed by atoms with E-state index in [1.165, 1.54) is 0 Å². The molecule has 0 aromatic heterocycles. The summed E-state index contributed by atoms with van der Waals surface area (Å²) < 4.78 is 5.58. The monoisotopic (exact) mass is 250 g/mol. The van der Waals surface area contributed by atoms with Gasteiger partial charge < -0.3 is 15.8 Å². The maximum atomic E-state index is 11.5. The van der Waals surface area contributed by atoms with Crippen LogP contribution in [0.4, 0.5) is 0 Å². The maximum Gasteiger partial charge on any atom is 0.224 e. The van der Waals surface area contributed by atoms with Gasteiger partial charge in [0.1, 0.15) is 5.75 Å². The van der Waals surface area contributed by atoms with Crippen LogP contribution in [0.5, 0.6) is 5.75 Å². The Labute approximate surface area is 109 Å². The molecule has 0 heterocycles. The lowest BCUT2D eigenvalue weighted by atomic mass is 10.1. The van der Waals surface area contributed by atoms with E-state index in [0.717, 1.165) is 11.3 Å². The molecule has 100 valence electrons. The van der Waals surface area contributed by atoms with Crippen LogP contribution >= 0.6 is 0 Å². The van der Waals surface area contributed by atoms with Gasteiger partial charge in [-0.3, -0.25) is 4.79 Å². The van der Waals surface area contributed by atoms with Crippen LogP contribution in [-0.2, 0) is 11.2 Å². The van der Waals surface area contributed by atoms with Crippen molar-refractivity contribution in [1.29, 1.82) is 0 Å². The fourth-order valence-corrected chi connectivity index (χ4v) is 1.43. The summed E-state index contributed by atoms with van der Waals surface area (Å²) in [6.07, 6.45) is 0.379. The molecule has 0 fully saturated rings. The Morgan fingerprint density at radius 3 is 2.56 bits per heavy atom. The van der Waals surface area contributed by atoms with Crippen molar-refractivity contribution in [3.8, 4) is 5.75 Å². The largest absolute Gasteiger partial charge is 0.493 e. The summed E-state index contributed by atoms with van der Waals surface area (Å²) in [5, 5.41) is 2.74. The molecule has 4 nitrogen and oxygen atoms in total. The highest BCUT2D eigenvalue weighted by molar-refractivity contribution is 5.78. The van der Waals surface area contributed by atoms with E-state index < -0.39 is 0 Å². The van der Waals surface area contributed by atoms with Crippen molar-refractivity contribution in [2.45, 2.75) is 20.3 Å². The van der Waals surface area contributed by atoms with Gasteiger partial charge in [0.2, 0.25) is 5.91 Å². The Morgan fingerprint density at radius 2 is 2.00 bits per heavy atom. The van der Waals surface area contributed by atoms with E-state index in [9.17, 15) is 4.79 Å². The maximum absolute atomic E-state index is 11.5. The standard InChI is InChI=1S/C14H22N2O2/c1-11(2)10-18-13-5-3-12(4-6-13)9-14(17)16-8-7-15/h3-6,11H,7-10,15H2,1-2H3,(H,16,17). The van der Waals surface area contributed by atoms with Crippen LogP contribution in [0, 0.1) is 5.92 Å². The van der Waals surface area contributed by atoms with Gasteiger partial charge in [0.05, 0.1) is 13.0 Å². The summed E-state index contributed by atoms with van der Waals surface area (Å²) in [5.41, 5.74) is 6.29. The molecule has 4 heteroatoms. The Bertz CT molecular complexity index is 361. The van der Waals surface area contributed by atoms with Crippen molar-refractivity contribution in [2.75, 3.05) is 19.7 Å². The second-order valence-electron chi connectivity index (χ2n) is 4.66. The number of benzene rings is 1. The lowest BCUT2D eigenvalue weighted by Gasteiger charge is -2.09. The van der Waals surface area contributed by atoms with Crippen LogP contribution in [0.15, 0.2) is 24.3 Å². The predicted octanol–water partition coefficient (Wildman–Crippen LogP) is 1.34. The Morgan fingerprint density at radius 1 is 1.33 bits per heavy atom. The first kappa shape index (κ1) is 14.5. The number of ether oxygens (including phenoxy) is 1. The molecule has 0 aliphatic carbocycles. The molecule has 0 saturated heterocycles. The molecule has 0 radical (unpaired) electrons. The number of carbonyl (C=O) groups is 1. The Hall–Kier alpha value is -1.55. The van der Waals surface area contributed by atoms with E-state index in [1.807, 2.05) is 24.3 Å². The molecule has 0 atom stereocenters. The lowest BCUT2D eigenvalue weighted by Crippen LogP contribution is -2.30. The third-order valence-electron chi connectivity index (χ3n) is 2.34. The van der Waals surface area contributed by atoms with Gasteiger partial charge in [-0.15, -0.1) is 0 Å². The molecule has 0 unspecified atom stereocenters. The van der Waals surface area contributed by atoms with E-state index in [4.69, 9.17) is 10.5 Å². The number of nitrogens with one attached hydrogen (secondary N) is 1. The normalized spacial score (nSPS) is 10.4. The summed E-state index contributed by atoms with van der Waals surface area (Å²) in [5.74, 6) is 1.35. The average molecular weight is 250 g/mol. The minimum absolute atomic E-state index is 0.00343. The minimum Gasteiger partial charge on any atom is -0.493 e. The minimum atomic E-state index is -0.00343. The summed E-state index contributed by atoms with van der Waals surface area (Å²) in [4.78, 5) is 11.5. The third kappa shape index (κ3) is 5.68. The molecule has 0 aliphatic heterocycles. The smallest absolute Gasteiger partial charge is 0.224 e. The average Bonchev–Trinajstić information content (AvgIpc) is 2.35. The predicted molar refractivity (Wildman–Crippen MR) is 72.5 cm³/mol. The molecule has 0 spiro atoms. The SMILES string of the molecule is CC(C)COc1ccc(CC(=O)NCCN)cc1. The van der Waals surface area contributed by atoms with Crippen molar-refractivity contribution in [3.63, 3.8) is 0 Å². The van der Waals surface area contributed by atoms with Crippen LogP contribution < -0.4 is 15.8 Å².